The molecule has 2 rings (SSSR count). The highest BCUT2D eigenvalue weighted by Gasteiger charge is 2.22. The van der Waals surface area contributed by atoms with Crippen LogP contribution in [0.5, 0.6) is 0 Å². The van der Waals surface area contributed by atoms with Gasteiger partial charge in [0, 0.05) is 31.9 Å². The van der Waals surface area contributed by atoms with E-state index in [1.165, 1.54) is 6.33 Å². The van der Waals surface area contributed by atoms with Crippen molar-refractivity contribution >= 4 is 17.3 Å². The van der Waals surface area contributed by atoms with Gasteiger partial charge in [-0.2, -0.15) is 5.10 Å². The Kier molecular flexibility index (Phi) is 4.01. The molecular formula is C12H17N7O2. The van der Waals surface area contributed by atoms with E-state index < -0.39 is 4.92 Å². The van der Waals surface area contributed by atoms with Crippen LogP contribution >= 0.6 is 0 Å². The second-order valence-electron chi connectivity index (χ2n) is 4.55. The fourth-order valence-electron chi connectivity index (χ4n) is 2.11. The Hall–Kier alpha value is -2.71. The summed E-state index contributed by atoms with van der Waals surface area (Å²) >= 11 is 0. The van der Waals surface area contributed by atoms with Crippen LogP contribution in [0.3, 0.4) is 0 Å². The standard InChI is InChI=1S/C12H17N7O2/c1-7-9(8(2)18(4)17-7)5-14-12-10(19(20)21)11(13-3)15-6-16-12/h6H,5H2,1-4H3,(H2,13,14,15,16). The maximum Gasteiger partial charge on any atom is 0.353 e. The van der Waals surface area contributed by atoms with Gasteiger partial charge in [-0.1, -0.05) is 0 Å². The van der Waals surface area contributed by atoms with Crippen molar-refractivity contribution in [2.45, 2.75) is 20.4 Å². The summed E-state index contributed by atoms with van der Waals surface area (Å²) in [5.74, 6) is 0.360. The van der Waals surface area contributed by atoms with Crippen molar-refractivity contribution in [2.75, 3.05) is 17.7 Å². The highest BCUT2D eigenvalue weighted by Crippen LogP contribution is 2.29. The smallest absolute Gasteiger partial charge is 0.353 e. The van der Waals surface area contributed by atoms with Crippen molar-refractivity contribution in [1.29, 1.82) is 0 Å². The van der Waals surface area contributed by atoms with E-state index in [4.69, 9.17) is 0 Å². The third-order valence-corrected chi connectivity index (χ3v) is 3.33. The molecule has 2 N–H and O–H groups in total. The maximum atomic E-state index is 11.2. The largest absolute Gasteiger partial charge is 0.367 e. The molecule has 0 aliphatic heterocycles. The number of hydrogen-bond donors (Lipinski definition) is 2. The highest BCUT2D eigenvalue weighted by atomic mass is 16.6. The first kappa shape index (κ1) is 14.7. The van der Waals surface area contributed by atoms with Crippen molar-refractivity contribution in [3.8, 4) is 0 Å². The Labute approximate surface area is 121 Å². The van der Waals surface area contributed by atoms with Crippen molar-refractivity contribution in [3.05, 3.63) is 33.4 Å². The molecule has 2 aromatic heterocycles. The summed E-state index contributed by atoms with van der Waals surface area (Å²) in [5, 5.41) is 21.2. The van der Waals surface area contributed by atoms with Gasteiger partial charge in [0.2, 0.25) is 11.6 Å². The van der Waals surface area contributed by atoms with E-state index in [1.54, 1.807) is 11.7 Å². The first-order valence-corrected chi connectivity index (χ1v) is 6.35. The third kappa shape index (κ3) is 2.76. The topological polar surface area (TPSA) is 111 Å². The molecule has 21 heavy (non-hydrogen) atoms. The van der Waals surface area contributed by atoms with Crippen LogP contribution in [-0.4, -0.2) is 31.7 Å². The molecule has 2 heterocycles. The van der Waals surface area contributed by atoms with E-state index >= 15 is 0 Å². The zero-order chi connectivity index (χ0) is 15.6. The molecule has 0 saturated heterocycles. The lowest BCUT2D eigenvalue weighted by molar-refractivity contribution is -0.383. The maximum absolute atomic E-state index is 11.2. The summed E-state index contributed by atoms with van der Waals surface area (Å²) in [4.78, 5) is 18.5. The highest BCUT2D eigenvalue weighted by molar-refractivity contribution is 5.69. The Morgan fingerprint density at radius 2 is 2.00 bits per heavy atom. The molecule has 0 atom stereocenters. The number of aryl methyl sites for hydroxylation is 2. The van der Waals surface area contributed by atoms with Crippen LogP contribution in [0.4, 0.5) is 17.3 Å². The fraction of sp³-hybridized carbons (Fsp3) is 0.417. The number of nitro groups is 1. The van der Waals surface area contributed by atoms with Crippen LogP contribution in [0.1, 0.15) is 17.0 Å². The van der Waals surface area contributed by atoms with Crippen LogP contribution in [-0.2, 0) is 13.6 Å². The van der Waals surface area contributed by atoms with Gasteiger partial charge in [-0.15, -0.1) is 0 Å². The van der Waals surface area contributed by atoms with Gasteiger partial charge in [-0.05, 0) is 13.8 Å². The first-order chi connectivity index (χ1) is 9.95. The van der Waals surface area contributed by atoms with E-state index in [0.29, 0.717) is 6.54 Å². The first-order valence-electron chi connectivity index (χ1n) is 6.35. The lowest BCUT2D eigenvalue weighted by Crippen LogP contribution is -2.09. The van der Waals surface area contributed by atoms with Crippen LogP contribution in [0, 0.1) is 24.0 Å². The zero-order valence-electron chi connectivity index (χ0n) is 12.3. The molecule has 0 aromatic carbocycles. The lowest BCUT2D eigenvalue weighted by Gasteiger charge is -2.08. The second kappa shape index (κ2) is 5.73. The van der Waals surface area contributed by atoms with Crippen molar-refractivity contribution < 1.29 is 4.92 Å². The predicted molar refractivity (Wildman–Crippen MR) is 78.2 cm³/mol. The van der Waals surface area contributed by atoms with E-state index in [-0.39, 0.29) is 17.3 Å². The van der Waals surface area contributed by atoms with Gasteiger partial charge >= 0.3 is 5.69 Å². The molecule has 0 amide bonds. The summed E-state index contributed by atoms with van der Waals surface area (Å²) in [7, 11) is 3.44. The van der Waals surface area contributed by atoms with Crippen molar-refractivity contribution in [2.24, 2.45) is 7.05 Å². The van der Waals surface area contributed by atoms with Crippen molar-refractivity contribution in [1.82, 2.24) is 19.7 Å². The van der Waals surface area contributed by atoms with Gasteiger partial charge in [0.1, 0.15) is 6.33 Å². The van der Waals surface area contributed by atoms with E-state index in [9.17, 15) is 10.1 Å². The Bertz CT molecular complexity index is 680. The average molecular weight is 291 g/mol. The number of anilines is 2. The Balaban J connectivity index is 2.30. The van der Waals surface area contributed by atoms with Crippen LogP contribution in [0.2, 0.25) is 0 Å². The van der Waals surface area contributed by atoms with E-state index in [2.05, 4.69) is 25.7 Å². The molecule has 0 aliphatic carbocycles. The monoisotopic (exact) mass is 291 g/mol. The van der Waals surface area contributed by atoms with Crippen molar-refractivity contribution in [3.63, 3.8) is 0 Å². The predicted octanol–water partition coefficient (Wildman–Crippen LogP) is 1.39. The summed E-state index contributed by atoms with van der Waals surface area (Å²) in [6.45, 7) is 4.26. The third-order valence-electron chi connectivity index (χ3n) is 3.33. The molecule has 112 valence electrons. The molecule has 0 bridgehead atoms. The summed E-state index contributed by atoms with van der Waals surface area (Å²) in [5.41, 5.74) is 2.72. The van der Waals surface area contributed by atoms with Crippen LogP contribution < -0.4 is 10.6 Å². The number of rotatable bonds is 5. The summed E-state index contributed by atoms with van der Waals surface area (Å²) < 4.78 is 1.78. The second-order valence-corrected chi connectivity index (χ2v) is 4.55. The summed E-state index contributed by atoms with van der Waals surface area (Å²) in [6, 6.07) is 0. The zero-order valence-corrected chi connectivity index (χ0v) is 12.3. The number of nitrogens with zero attached hydrogens (tertiary/aromatic N) is 5. The number of aromatic nitrogens is 4. The SMILES string of the molecule is CNc1ncnc(NCc2c(C)nn(C)c2C)c1[N+](=O)[O-]. The molecular weight excluding hydrogens is 274 g/mol. The molecule has 0 unspecified atom stereocenters. The quantitative estimate of drug-likeness (QED) is 0.632. The molecule has 2 aromatic rings. The average Bonchev–Trinajstić information content (AvgIpc) is 2.69. The van der Waals surface area contributed by atoms with Crippen LogP contribution in [0.25, 0.3) is 0 Å². The van der Waals surface area contributed by atoms with Gasteiger partial charge in [0.05, 0.1) is 10.6 Å². The minimum absolute atomic E-state index is 0.167. The minimum atomic E-state index is -0.503. The Morgan fingerprint density at radius 3 is 2.52 bits per heavy atom. The molecule has 9 nitrogen and oxygen atoms in total. The van der Waals surface area contributed by atoms with Crippen LogP contribution in [0.15, 0.2) is 6.33 Å². The van der Waals surface area contributed by atoms with Gasteiger partial charge in [-0.3, -0.25) is 14.8 Å². The normalized spacial score (nSPS) is 10.5. The number of hydrogen-bond acceptors (Lipinski definition) is 7. The fourth-order valence-corrected chi connectivity index (χ4v) is 2.11. The molecule has 0 radical (unpaired) electrons. The van der Waals surface area contributed by atoms with Gasteiger partial charge in [-0.25, -0.2) is 9.97 Å². The Morgan fingerprint density at radius 1 is 1.33 bits per heavy atom. The summed E-state index contributed by atoms with van der Waals surface area (Å²) in [6.07, 6.45) is 1.28. The van der Waals surface area contributed by atoms with Gasteiger partial charge in [0.15, 0.2) is 0 Å². The molecule has 0 aliphatic rings. The minimum Gasteiger partial charge on any atom is -0.367 e. The molecule has 0 spiro atoms. The number of nitrogens with one attached hydrogen (secondary N) is 2. The molecule has 9 heteroatoms. The van der Waals surface area contributed by atoms with E-state index in [1.807, 2.05) is 20.9 Å². The van der Waals surface area contributed by atoms with E-state index in [0.717, 1.165) is 17.0 Å². The van der Waals surface area contributed by atoms with Gasteiger partial charge < -0.3 is 10.6 Å². The van der Waals surface area contributed by atoms with Gasteiger partial charge in [0.25, 0.3) is 0 Å². The molecule has 0 saturated carbocycles. The lowest BCUT2D eigenvalue weighted by atomic mass is 10.2. The molecule has 0 fully saturated rings.